The zero-order valence-corrected chi connectivity index (χ0v) is 20.8. The number of nitrogens with one attached hydrogen (secondary N) is 2. The quantitative estimate of drug-likeness (QED) is 0.356. The van der Waals surface area contributed by atoms with Crippen molar-refractivity contribution in [1.82, 2.24) is 20.3 Å². The number of ether oxygens (including phenoxy) is 1. The van der Waals surface area contributed by atoms with Crippen LogP contribution in [0.4, 0.5) is 10.2 Å². The van der Waals surface area contributed by atoms with Crippen LogP contribution < -0.4 is 10.2 Å². The van der Waals surface area contributed by atoms with Crippen molar-refractivity contribution in [2.45, 2.75) is 57.5 Å². The molecule has 4 aromatic rings. The van der Waals surface area contributed by atoms with Gasteiger partial charge in [0.05, 0.1) is 23.4 Å². The molecule has 2 fully saturated rings. The maximum absolute atomic E-state index is 14.5. The minimum atomic E-state index is -0.291. The maximum atomic E-state index is 14.5. The highest BCUT2D eigenvalue weighted by atomic mass is 32.1. The molecule has 3 aromatic heterocycles. The predicted molar refractivity (Wildman–Crippen MR) is 141 cm³/mol. The number of anilines is 1. The molecule has 0 radical (unpaired) electrons. The van der Waals surface area contributed by atoms with Gasteiger partial charge in [-0.2, -0.15) is 0 Å². The molecule has 4 heterocycles. The monoisotopic (exact) mass is 493 g/mol. The van der Waals surface area contributed by atoms with E-state index in [1.165, 1.54) is 55.9 Å². The van der Waals surface area contributed by atoms with E-state index >= 15 is 0 Å². The van der Waals surface area contributed by atoms with Crippen molar-refractivity contribution >= 4 is 38.3 Å². The van der Waals surface area contributed by atoms with Gasteiger partial charge in [0.2, 0.25) is 0 Å². The standard InChI is InChI=1S/C27H32FN5OS/c28-18-14-22(21-8-9-29-23(21)15-18)26-31-24-16-20(17-30-19-6-4-2-1-3-5-7-19)35-25(24)27(32-26)33-10-12-34-13-11-33/h8-9,14-16,19,29-30H,1-7,10-13,17H2. The molecule has 1 saturated carbocycles. The van der Waals surface area contributed by atoms with Crippen molar-refractivity contribution in [2.24, 2.45) is 0 Å². The topological polar surface area (TPSA) is 66.1 Å². The van der Waals surface area contributed by atoms with E-state index in [-0.39, 0.29) is 5.82 Å². The molecule has 2 N–H and O–H groups in total. The number of morpholine rings is 1. The summed E-state index contributed by atoms with van der Waals surface area (Å²) < 4.78 is 21.2. The summed E-state index contributed by atoms with van der Waals surface area (Å²) in [7, 11) is 0. The Labute approximate surface area is 208 Å². The van der Waals surface area contributed by atoms with Crippen LogP contribution in [0.1, 0.15) is 49.8 Å². The number of rotatable bonds is 5. The molecule has 0 bridgehead atoms. The van der Waals surface area contributed by atoms with E-state index in [0.29, 0.717) is 25.1 Å². The summed E-state index contributed by atoms with van der Waals surface area (Å²) in [5.74, 6) is 1.21. The van der Waals surface area contributed by atoms with Gasteiger partial charge in [0.15, 0.2) is 11.6 Å². The van der Waals surface area contributed by atoms with Gasteiger partial charge in [-0.15, -0.1) is 11.3 Å². The van der Waals surface area contributed by atoms with E-state index in [2.05, 4.69) is 21.3 Å². The molecule has 6 rings (SSSR count). The molecule has 0 amide bonds. The van der Waals surface area contributed by atoms with Gasteiger partial charge in [-0.1, -0.05) is 32.1 Å². The molecule has 1 saturated heterocycles. The van der Waals surface area contributed by atoms with Crippen LogP contribution in [0.25, 0.3) is 32.5 Å². The van der Waals surface area contributed by atoms with Crippen LogP contribution >= 0.6 is 11.3 Å². The number of aromatic nitrogens is 3. The van der Waals surface area contributed by atoms with Gasteiger partial charge in [0, 0.05) is 53.2 Å². The first-order chi connectivity index (χ1) is 17.2. The lowest BCUT2D eigenvalue weighted by atomic mass is 9.97. The SMILES string of the molecule is Fc1cc(-c2nc(N3CCOCC3)c3sc(CNC4CCCCCCC4)cc3n2)c2cc[nH]c2c1. The highest BCUT2D eigenvalue weighted by Gasteiger charge is 2.22. The number of halogens is 1. The molecule has 6 nitrogen and oxygen atoms in total. The average molecular weight is 494 g/mol. The third-order valence-corrected chi connectivity index (χ3v) is 8.38. The van der Waals surface area contributed by atoms with Gasteiger partial charge in [0.1, 0.15) is 5.82 Å². The van der Waals surface area contributed by atoms with Gasteiger partial charge >= 0.3 is 0 Å². The number of hydrogen-bond acceptors (Lipinski definition) is 6. The van der Waals surface area contributed by atoms with Crippen LogP contribution in [0.15, 0.2) is 30.5 Å². The summed E-state index contributed by atoms with van der Waals surface area (Å²) in [5.41, 5.74) is 2.41. The minimum absolute atomic E-state index is 0.291. The third-order valence-electron chi connectivity index (χ3n) is 7.26. The Morgan fingerprint density at radius 1 is 1.06 bits per heavy atom. The Hall–Kier alpha value is -2.55. The Morgan fingerprint density at radius 3 is 2.69 bits per heavy atom. The van der Waals surface area contributed by atoms with Gasteiger partial charge < -0.3 is 19.9 Å². The number of thiophene rings is 1. The summed E-state index contributed by atoms with van der Waals surface area (Å²) in [6, 6.07) is 7.81. The Kier molecular flexibility index (Phi) is 6.67. The van der Waals surface area contributed by atoms with Gasteiger partial charge in [-0.25, -0.2) is 14.4 Å². The second-order valence-corrected chi connectivity index (χ2v) is 10.8. The van der Waals surface area contributed by atoms with E-state index in [1.807, 2.05) is 12.3 Å². The maximum Gasteiger partial charge on any atom is 0.163 e. The fraction of sp³-hybridized carbons (Fsp3) is 0.481. The summed E-state index contributed by atoms with van der Waals surface area (Å²) >= 11 is 1.78. The Bertz CT molecular complexity index is 1300. The number of aromatic amines is 1. The number of hydrogen-bond donors (Lipinski definition) is 2. The van der Waals surface area contributed by atoms with Crippen LogP contribution in [-0.2, 0) is 11.3 Å². The highest BCUT2D eigenvalue weighted by molar-refractivity contribution is 7.19. The van der Waals surface area contributed by atoms with Crippen molar-refractivity contribution in [2.75, 3.05) is 31.2 Å². The van der Waals surface area contributed by atoms with Gasteiger partial charge in [0.25, 0.3) is 0 Å². The zero-order valence-electron chi connectivity index (χ0n) is 20.0. The lowest BCUT2D eigenvalue weighted by Gasteiger charge is -2.28. The molecular weight excluding hydrogens is 461 g/mol. The van der Waals surface area contributed by atoms with Crippen LogP contribution in [0.2, 0.25) is 0 Å². The number of fused-ring (bicyclic) bond motifs is 2. The molecule has 1 aliphatic carbocycles. The first kappa shape index (κ1) is 22.9. The Balaban J connectivity index is 1.37. The van der Waals surface area contributed by atoms with Crippen LogP contribution in [0, 0.1) is 5.82 Å². The fourth-order valence-corrected chi connectivity index (χ4v) is 6.45. The van der Waals surface area contributed by atoms with Gasteiger partial charge in [-0.05, 0) is 37.1 Å². The normalized spacial score (nSPS) is 18.3. The molecular formula is C27H32FN5OS. The molecule has 35 heavy (non-hydrogen) atoms. The summed E-state index contributed by atoms with van der Waals surface area (Å²) in [4.78, 5) is 16.6. The molecule has 2 aliphatic rings. The van der Waals surface area contributed by atoms with Crippen LogP contribution in [0.3, 0.4) is 0 Å². The lowest BCUT2D eigenvalue weighted by Crippen LogP contribution is -2.36. The second kappa shape index (κ2) is 10.2. The average Bonchev–Trinajstić information content (AvgIpc) is 3.49. The van der Waals surface area contributed by atoms with Crippen LogP contribution in [0.5, 0.6) is 0 Å². The van der Waals surface area contributed by atoms with Crippen molar-refractivity contribution in [3.8, 4) is 11.4 Å². The van der Waals surface area contributed by atoms with E-state index in [1.54, 1.807) is 17.4 Å². The van der Waals surface area contributed by atoms with Crippen molar-refractivity contribution in [3.63, 3.8) is 0 Å². The van der Waals surface area contributed by atoms with E-state index in [0.717, 1.165) is 52.1 Å². The first-order valence-electron chi connectivity index (χ1n) is 12.9. The second-order valence-electron chi connectivity index (χ2n) is 9.71. The summed E-state index contributed by atoms with van der Waals surface area (Å²) in [6.45, 7) is 3.81. The number of nitrogens with zero attached hydrogens (tertiary/aromatic N) is 3. The smallest absolute Gasteiger partial charge is 0.163 e. The molecule has 0 unspecified atom stereocenters. The highest BCUT2D eigenvalue weighted by Crippen LogP contribution is 2.36. The van der Waals surface area contributed by atoms with Crippen LogP contribution in [-0.4, -0.2) is 47.3 Å². The molecule has 1 aliphatic heterocycles. The zero-order chi connectivity index (χ0) is 23.6. The summed E-state index contributed by atoms with van der Waals surface area (Å²) in [5, 5.41) is 4.75. The van der Waals surface area contributed by atoms with Gasteiger partial charge in [-0.3, -0.25) is 0 Å². The third kappa shape index (κ3) is 4.92. The summed E-state index contributed by atoms with van der Waals surface area (Å²) in [6.07, 6.45) is 11.1. The Morgan fingerprint density at radius 2 is 1.86 bits per heavy atom. The predicted octanol–water partition coefficient (Wildman–Crippen LogP) is 6.02. The lowest BCUT2D eigenvalue weighted by molar-refractivity contribution is 0.122. The fourth-order valence-electron chi connectivity index (χ4n) is 5.38. The van der Waals surface area contributed by atoms with Crippen molar-refractivity contribution < 1.29 is 9.13 Å². The number of benzene rings is 1. The number of H-pyrrole nitrogens is 1. The largest absolute Gasteiger partial charge is 0.378 e. The van der Waals surface area contributed by atoms with E-state index < -0.39 is 0 Å². The van der Waals surface area contributed by atoms with Crippen molar-refractivity contribution in [1.29, 1.82) is 0 Å². The molecule has 8 heteroatoms. The van der Waals surface area contributed by atoms with Crippen molar-refractivity contribution in [3.05, 3.63) is 41.2 Å². The first-order valence-corrected chi connectivity index (χ1v) is 13.7. The minimum Gasteiger partial charge on any atom is -0.378 e. The molecule has 1 aromatic carbocycles. The molecule has 0 spiro atoms. The van der Waals surface area contributed by atoms with E-state index in [4.69, 9.17) is 14.7 Å². The molecule has 184 valence electrons. The molecule has 0 atom stereocenters. The van der Waals surface area contributed by atoms with E-state index in [9.17, 15) is 4.39 Å².